The van der Waals surface area contributed by atoms with E-state index in [-0.39, 0.29) is 24.7 Å². The summed E-state index contributed by atoms with van der Waals surface area (Å²) < 4.78 is 0. The van der Waals surface area contributed by atoms with Crippen LogP contribution in [0.25, 0.3) is 0 Å². The van der Waals surface area contributed by atoms with Crippen LogP contribution in [0.1, 0.15) is 20.3 Å². The molecule has 0 aliphatic carbocycles. The minimum Gasteiger partial charge on any atom is -0.394 e. The van der Waals surface area contributed by atoms with Crippen LogP contribution in [0, 0.1) is 0 Å². The van der Waals surface area contributed by atoms with Crippen LogP contribution in [0.4, 0.5) is 0 Å². The van der Waals surface area contributed by atoms with Gasteiger partial charge in [0.2, 0.25) is 5.91 Å². The second-order valence-electron chi connectivity index (χ2n) is 2.99. The van der Waals surface area contributed by atoms with Crippen molar-refractivity contribution in [3.8, 4) is 0 Å². The Labute approximate surface area is 84.9 Å². The van der Waals surface area contributed by atoms with Gasteiger partial charge in [0.25, 0.3) is 0 Å². The molecule has 84 valence electrons. The number of aliphatic hydroxyl groups excluding tert-OH is 1. The normalized spacial score (nSPS) is 10.9. The number of nitrogens with one attached hydrogen (secondary N) is 2. The van der Waals surface area contributed by atoms with Crippen LogP contribution in [-0.2, 0) is 9.59 Å². The van der Waals surface area contributed by atoms with Gasteiger partial charge in [0.1, 0.15) is 5.78 Å². The fraction of sp³-hybridized carbons (Fsp3) is 0.778. The van der Waals surface area contributed by atoms with Crippen molar-refractivity contribution >= 4 is 11.7 Å². The monoisotopic (exact) mass is 204 g/mol. The van der Waals surface area contributed by atoms with E-state index in [1.165, 1.54) is 13.8 Å². The predicted octanol–water partition coefficient (Wildman–Crippen LogP) is -0.702. The Bertz CT molecular complexity index is 155. The third kappa shape index (κ3) is 13.6. The maximum atomic E-state index is 10.5. The molecule has 0 unspecified atom stereocenters. The molecule has 5 heteroatoms. The number of aliphatic hydroxyl groups is 1. The van der Waals surface area contributed by atoms with Crippen LogP contribution in [0.15, 0.2) is 0 Å². The van der Waals surface area contributed by atoms with E-state index in [4.69, 9.17) is 5.11 Å². The van der Waals surface area contributed by atoms with Crippen molar-refractivity contribution in [2.45, 2.75) is 26.3 Å². The lowest BCUT2D eigenvalue weighted by Crippen LogP contribution is -2.37. The third-order valence-corrected chi connectivity index (χ3v) is 1.16. The summed E-state index contributed by atoms with van der Waals surface area (Å²) >= 11 is 0. The van der Waals surface area contributed by atoms with Crippen LogP contribution < -0.4 is 10.6 Å². The van der Waals surface area contributed by atoms with Gasteiger partial charge in [0, 0.05) is 13.3 Å². The highest BCUT2D eigenvalue weighted by molar-refractivity contribution is 5.78. The first-order valence-electron chi connectivity index (χ1n) is 4.43. The first-order chi connectivity index (χ1) is 6.47. The number of ketones is 1. The van der Waals surface area contributed by atoms with Crippen molar-refractivity contribution in [1.82, 2.24) is 10.6 Å². The molecule has 0 aliphatic rings. The third-order valence-electron chi connectivity index (χ3n) is 1.16. The molecule has 0 saturated heterocycles. The largest absolute Gasteiger partial charge is 0.394 e. The topological polar surface area (TPSA) is 78.4 Å². The molecule has 0 rings (SSSR count). The number of amides is 1. The molecule has 0 fully saturated rings. The highest BCUT2D eigenvalue weighted by Crippen LogP contribution is 1.91. The zero-order chi connectivity index (χ0) is 11.6. The maximum absolute atomic E-state index is 10.5. The molecule has 0 saturated carbocycles. The zero-order valence-corrected chi connectivity index (χ0v) is 9.26. The molecule has 1 atom stereocenters. The van der Waals surface area contributed by atoms with E-state index in [0.717, 1.165) is 0 Å². The Morgan fingerprint density at radius 2 is 1.71 bits per heavy atom. The van der Waals surface area contributed by atoms with Crippen molar-refractivity contribution in [3.05, 3.63) is 0 Å². The van der Waals surface area contributed by atoms with Gasteiger partial charge in [0.05, 0.1) is 12.6 Å². The predicted molar refractivity (Wildman–Crippen MR) is 55.0 cm³/mol. The van der Waals surface area contributed by atoms with Crippen LogP contribution in [0.3, 0.4) is 0 Å². The fourth-order valence-electron chi connectivity index (χ4n) is 0.796. The van der Waals surface area contributed by atoms with Crippen LogP contribution >= 0.6 is 0 Å². The molecule has 0 aromatic carbocycles. The molecular weight excluding hydrogens is 184 g/mol. The van der Waals surface area contributed by atoms with Crippen molar-refractivity contribution in [3.63, 3.8) is 0 Å². The second kappa shape index (κ2) is 10.1. The van der Waals surface area contributed by atoms with Crippen molar-refractivity contribution in [1.29, 1.82) is 0 Å². The van der Waals surface area contributed by atoms with Gasteiger partial charge in [-0.3, -0.25) is 9.59 Å². The van der Waals surface area contributed by atoms with Crippen molar-refractivity contribution in [2.24, 2.45) is 0 Å². The van der Waals surface area contributed by atoms with Gasteiger partial charge in [-0.2, -0.15) is 0 Å². The molecule has 0 bridgehead atoms. The van der Waals surface area contributed by atoms with Gasteiger partial charge in [-0.05, 0) is 21.0 Å². The molecular formula is C9H20N2O3. The molecule has 3 N–H and O–H groups in total. The molecule has 1 amide bonds. The number of hydrogen-bond acceptors (Lipinski definition) is 4. The summed E-state index contributed by atoms with van der Waals surface area (Å²) in [6, 6.07) is -0.426. The molecule has 0 aromatic rings. The van der Waals surface area contributed by atoms with Crippen LogP contribution in [0.2, 0.25) is 0 Å². The van der Waals surface area contributed by atoms with E-state index in [1.54, 1.807) is 0 Å². The Hall–Kier alpha value is -0.940. The molecule has 5 nitrogen and oxygen atoms in total. The van der Waals surface area contributed by atoms with Crippen molar-refractivity contribution in [2.75, 3.05) is 20.7 Å². The lowest BCUT2D eigenvalue weighted by atomic mass is 10.1. The van der Waals surface area contributed by atoms with Gasteiger partial charge in [-0.15, -0.1) is 0 Å². The molecule has 0 heterocycles. The number of rotatable bonds is 4. The van der Waals surface area contributed by atoms with Gasteiger partial charge in [-0.1, -0.05) is 0 Å². The summed E-state index contributed by atoms with van der Waals surface area (Å²) in [4.78, 5) is 21.0. The van der Waals surface area contributed by atoms with E-state index in [1.807, 2.05) is 14.1 Å². The fourth-order valence-corrected chi connectivity index (χ4v) is 0.796. The summed E-state index contributed by atoms with van der Waals surface area (Å²) in [6.45, 7) is 2.58. The van der Waals surface area contributed by atoms with E-state index in [2.05, 4.69) is 10.6 Å². The van der Waals surface area contributed by atoms with E-state index < -0.39 is 6.04 Å². The summed E-state index contributed by atoms with van der Waals surface area (Å²) in [7, 11) is 3.75. The molecule has 0 radical (unpaired) electrons. The molecule has 14 heavy (non-hydrogen) atoms. The smallest absolute Gasteiger partial charge is 0.217 e. The average Bonchev–Trinajstić information content (AvgIpc) is 2.02. The van der Waals surface area contributed by atoms with Crippen LogP contribution in [0.5, 0.6) is 0 Å². The second-order valence-corrected chi connectivity index (χ2v) is 2.99. The van der Waals surface area contributed by atoms with Crippen molar-refractivity contribution < 1.29 is 14.7 Å². The lowest BCUT2D eigenvalue weighted by molar-refractivity contribution is -0.121. The summed E-state index contributed by atoms with van der Waals surface area (Å²) in [5, 5.41) is 13.9. The average molecular weight is 204 g/mol. The van der Waals surface area contributed by atoms with E-state index in [0.29, 0.717) is 0 Å². The molecule has 0 spiro atoms. The van der Waals surface area contributed by atoms with Crippen LogP contribution in [-0.4, -0.2) is 43.5 Å². The first-order valence-corrected chi connectivity index (χ1v) is 4.43. The molecule has 0 aliphatic heterocycles. The summed E-state index contributed by atoms with van der Waals surface area (Å²) in [6.07, 6.45) is 0.191. The SMILES string of the molecule is CC(=O)C[C@@H](CO)NC(C)=O.CNC. The number of Topliss-reactive ketones (excluding diaryl/α,β-unsaturated/α-hetero) is 1. The highest BCUT2D eigenvalue weighted by Gasteiger charge is 2.09. The number of carbonyl (C=O) groups excluding carboxylic acids is 2. The maximum Gasteiger partial charge on any atom is 0.217 e. The number of carbonyl (C=O) groups is 2. The Morgan fingerprint density at radius 1 is 1.29 bits per heavy atom. The quantitative estimate of drug-likeness (QED) is 0.566. The number of hydrogen-bond donors (Lipinski definition) is 3. The van der Waals surface area contributed by atoms with Gasteiger partial charge >= 0.3 is 0 Å². The Balaban J connectivity index is 0. The van der Waals surface area contributed by atoms with E-state index in [9.17, 15) is 9.59 Å². The van der Waals surface area contributed by atoms with Gasteiger partial charge < -0.3 is 15.7 Å². The highest BCUT2D eigenvalue weighted by atomic mass is 16.3. The van der Waals surface area contributed by atoms with Gasteiger partial charge in [0.15, 0.2) is 0 Å². The summed E-state index contributed by atoms with van der Waals surface area (Å²) in [5.74, 6) is -0.275. The zero-order valence-electron chi connectivity index (χ0n) is 9.26. The minimum atomic E-state index is -0.426. The molecule has 0 aromatic heterocycles. The summed E-state index contributed by atoms with van der Waals surface area (Å²) in [5.41, 5.74) is 0. The Morgan fingerprint density at radius 3 is 1.93 bits per heavy atom. The Kier molecular flexibility index (Phi) is 11.3. The minimum absolute atomic E-state index is 0.0437. The van der Waals surface area contributed by atoms with Gasteiger partial charge in [-0.25, -0.2) is 0 Å². The first kappa shape index (κ1) is 15.5. The lowest BCUT2D eigenvalue weighted by Gasteiger charge is -2.12. The van der Waals surface area contributed by atoms with E-state index >= 15 is 0 Å². The standard InChI is InChI=1S/C7H13NO3.C2H7N/c1-5(10)3-7(4-9)8-6(2)11;1-3-2/h7,9H,3-4H2,1-2H3,(H,8,11);3H,1-2H3/t7-;/m0./s1.